The first-order valence-electron chi connectivity index (χ1n) is 10.8. The van der Waals surface area contributed by atoms with Gasteiger partial charge in [0.1, 0.15) is 5.69 Å². The van der Waals surface area contributed by atoms with E-state index in [-0.39, 0.29) is 18.4 Å². The topological polar surface area (TPSA) is 74.8 Å². The molecule has 176 valence electrons. The zero-order chi connectivity index (χ0) is 23.5. The second-order valence-corrected chi connectivity index (χ2v) is 8.37. The number of nitrogens with zero attached hydrogens (tertiary/aromatic N) is 3. The smallest absolute Gasteiger partial charge is 0.372 e. The highest BCUT2D eigenvalue weighted by Gasteiger charge is 2.41. The SMILES string of the molecule is O=C(CN1CCOC2(CCN(C(=O)c3ccccn3)CC2)C1)Nc1ccc(C(F)(F)F)cc1. The number of pyridine rings is 1. The van der Waals surface area contributed by atoms with Crippen molar-refractivity contribution in [1.82, 2.24) is 14.8 Å². The van der Waals surface area contributed by atoms with Crippen molar-refractivity contribution in [3.8, 4) is 0 Å². The molecule has 7 nitrogen and oxygen atoms in total. The number of carbonyl (C=O) groups is 2. The monoisotopic (exact) mass is 462 g/mol. The summed E-state index contributed by atoms with van der Waals surface area (Å²) in [5.41, 5.74) is -0.450. The molecule has 1 spiro atoms. The lowest BCUT2D eigenvalue weighted by molar-refractivity contribution is -0.139. The van der Waals surface area contributed by atoms with Gasteiger partial charge in [-0.05, 0) is 49.2 Å². The standard InChI is InChI=1S/C23H25F3N4O3/c24-23(25,26)17-4-6-18(7-5-17)28-20(31)15-29-13-14-33-22(16-29)8-11-30(12-9-22)21(32)19-3-1-2-10-27-19/h1-7,10H,8-9,11-16H2,(H,28,31). The van der Waals surface area contributed by atoms with Crippen molar-refractivity contribution in [3.63, 3.8) is 0 Å². The van der Waals surface area contributed by atoms with Crippen LogP contribution >= 0.6 is 0 Å². The van der Waals surface area contributed by atoms with Gasteiger partial charge in [0.05, 0.1) is 24.3 Å². The summed E-state index contributed by atoms with van der Waals surface area (Å²) in [6.07, 6.45) is -1.51. The van der Waals surface area contributed by atoms with Gasteiger partial charge in [0.25, 0.3) is 5.91 Å². The average molecular weight is 462 g/mol. The molecule has 0 atom stereocenters. The van der Waals surface area contributed by atoms with Gasteiger partial charge in [-0.25, -0.2) is 0 Å². The quantitative estimate of drug-likeness (QED) is 0.756. The van der Waals surface area contributed by atoms with E-state index in [4.69, 9.17) is 4.74 Å². The Morgan fingerprint density at radius 3 is 2.42 bits per heavy atom. The van der Waals surface area contributed by atoms with Crippen LogP contribution in [0, 0.1) is 0 Å². The van der Waals surface area contributed by atoms with Gasteiger partial charge in [-0.3, -0.25) is 19.5 Å². The lowest BCUT2D eigenvalue weighted by atomic mass is 9.89. The third kappa shape index (κ3) is 5.69. The molecule has 33 heavy (non-hydrogen) atoms. The maximum Gasteiger partial charge on any atom is 0.416 e. The van der Waals surface area contributed by atoms with E-state index in [9.17, 15) is 22.8 Å². The minimum atomic E-state index is -4.41. The van der Waals surface area contributed by atoms with Crippen LogP contribution in [0.1, 0.15) is 28.9 Å². The molecule has 0 saturated carbocycles. The van der Waals surface area contributed by atoms with Gasteiger partial charge in [-0.15, -0.1) is 0 Å². The third-order valence-corrected chi connectivity index (χ3v) is 6.04. The minimum absolute atomic E-state index is 0.103. The summed E-state index contributed by atoms with van der Waals surface area (Å²) in [4.78, 5) is 33.0. The summed E-state index contributed by atoms with van der Waals surface area (Å²) in [5.74, 6) is -0.399. The Labute approximate surface area is 189 Å². The van der Waals surface area contributed by atoms with Crippen LogP contribution in [0.3, 0.4) is 0 Å². The molecule has 4 rings (SSSR count). The number of amides is 2. The molecule has 2 amide bonds. The highest BCUT2D eigenvalue weighted by Crippen LogP contribution is 2.31. The summed E-state index contributed by atoms with van der Waals surface area (Å²) in [5, 5.41) is 2.65. The zero-order valence-corrected chi connectivity index (χ0v) is 18.0. The van der Waals surface area contributed by atoms with E-state index in [1.807, 2.05) is 4.90 Å². The number of piperidine rings is 1. The number of anilines is 1. The Morgan fingerprint density at radius 1 is 1.06 bits per heavy atom. The lowest BCUT2D eigenvalue weighted by Crippen LogP contribution is -2.58. The van der Waals surface area contributed by atoms with Crippen molar-refractivity contribution in [2.24, 2.45) is 0 Å². The molecule has 0 unspecified atom stereocenters. The van der Waals surface area contributed by atoms with Gasteiger partial charge in [-0.2, -0.15) is 13.2 Å². The van der Waals surface area contributed by atoms with Crippen molar-refractivity contribution in [2.75, 3.05) is 44.6 Å². The number of rotatable bonds is 4. The predicted molar refractivity (Wildman–Crippen MR) is 115 cm³/mol. The molecule has 2 aliphatic rings. The molecular weight excluding hydrogens is 437 g/mol. The minimum Gasteiger partial charge on any atom is -0.372 e. The molecule has 1 aromatic heterocycles. The predicted octanol–water partition coefficient (Wildman–Crippen LogP) is 3.05. The van der Waals surface area contributed by atoms with Gasteiger partial charge in [0.15, 0.2) is 0 Å². The van der Waals surface area contributed by atoms with Crippen molar-refractivity contribution in [1.29, 1.82) is 0 Å². The molecule has 1 N–H and O–H groups in total. The number of carbonyl (C=O) groups excluding carboxylic acids is 2. The largest absolute Gasteiger partial charge is 0.416 e. The number of morpholine rings is 1. The first-order valence-corrected chi connectivity index (χ1v) is 10.8. The Morgan fingerprint density at radius 2 is 1.79 bits per heavy atom. The molecule has 0 aliphatic carbocycles. The fraction of sp³-hybridized carbons (Fsp3) is 0.435. The fourth-order valence-corrected chi connectivity index (χ4v) is 4.28. The zero-order valence-electron chi connectivity index (χ0n) is 18.0. The summed E-state index contributed by atoms with van der Waals surface area (Å²) < 4.78 is 44.1. The van der Waals surface area contributed by atoms with Crippen LogP contribution in [0.2, 0.25) is 0 Å². The van der Waals surface area contributed by atoms with Crippen LogP contribution in [-0.2, 0) is 15.7 Å². The van der Waals surface area contributed by atoms with E-state index >= 15 is 0 Å². The number of nitrogens with one attached hydrogen (secondary N) is 1. The molecule has 0 bridgehead atoms. The van der Waals surface area contributed by atoms with Gasteiger partial charge < -0.3 is 15.0 Å². The molecule has 2 aromatic rings. The Hall–Kier alpha value is -2.98. The highest BCUT2D eigenvalue weighted by atomic mass is 19.4. The number of alkyl halides is 3. The van der Waals surface area contributed by atoms with Crippen molar-refractivity contribution in [2.45, 2.75) is 24.6 Å². The number of hydrogen-bond acceptors (Lipinski definition) is 5. The molecule has 2 saturated heterocycles. The van der Waals surface area contributed by atoms with Gasteiger partial charge in [-0.1, -0.05) is 6.07 Å². The third-order valence-electron chi connectivity index (χ3n) is 6.04. The van der Waals surface area contributed by atoms with Crippen LogP contribution < -0.4 is 5.32 Å². The summed E-state index contributed by atoms with van der Waals surface area (Å²) in [7, 11) is 0. The van der Waals surface area contributed by atoms with E-state index in [0.717, 1.165) is 12.1 Å². The van der Waals surface area contributed by atoms with Crippen LogP contribution in [0.15, 0.2) is 48.7 Å². The number of likely N-dealkylation sites (tertiary alicyclic amines) is 1. The lowest BCUT2D eigenvalue weighted by Gasteiger charge is -2.47. The van der Waals surface area contributed by atoms with Crippen LogP contribution in [0.4, 0.5) is 18.9 Å². The maximum absolute atomic E-state index is 12.7. The number of aromatic nitrogens is 1. The van der Waals surface area contributed by atoms with Gasteiger partial charge in [0.2, 0.25) is 5.91 Å². The van der Waals surface area contributed by atoms with Crippen LogP contribution in [0.25, 0.3) is 0 Å². The van der Waals surface area contributed by atoms with E-state index < -0.39 is 17.3 Å². The highest BCUT2D eigenvalue weighted by molar-refractivity contribution is 5.92. The van der Waals surface area contributed by atoms with Crippen LogP contribution in [0.5, 0.6) is 0 Å². The van der Waals surface area contributed by atoms with E-state index in [1.54, 1.807) is 29.3 Å². The maximum atomic E-state index is 12.7. The van der Waals surface area contributed by atoms with Gasteiger partial charge in [0, 0.05) is 38.1 Å². The molecule has 1 aromatic carbocycles. The molecule has 0 radical (unpaired) electrons. The van der Waals surface area contributed by atoms with Gasteiger partial charge >= 0.3 is 6.18 Å². The summed E-state index contributed by atoms with van der Waals surface area (Å²) in [6, 6.07) is 9.62. The van der Waals surface area contributed by atoms with E-state index in [1.165, 1.54) is 12.1 Å². The molecular formula is C23H25F3N4O3. The van der Waals surface area contributed by atoms with Crippen molar-refractivity contribution < 1.29 is 27.5 Å². The number of benzene rings is 1. The number of halogens is 3. The molecule has 3 heterocycles. The second kappa shape index (κ2) is 9.48. The Bertz CT molecular complexity index is 975. The Kier molecular flexibility index (Phi) is 6.66. The first-order chi connectivity index (χ1) is 15.7. The average Bonchev–Trinajstić information content (AvgIpc) is 2.79. The fourth-order valence-electron chi connectivity index (χ4n) is 4.28. The van der Waals surface area contributed by atoms with E-state index in [2.05, 4.69) is 10.3 Å². The number of ether oxygens (including phenoxy) is 1. The molecule has 10 heteroatoms. The molecule has 2 aliphatic heterocycles. The number of hydrogen-bond donors (Lipinski definition) is 1. The van der Waals surface area contributed by atoms with E-state index in [0.29, 0.717) is 57.0 Å². The van der Waals surface area contributed by atoms with Crippen molar-refractivity contribution in [3.05, 3.63) is 59.9 Å². The second-order valence-electron chi connectivity index (χ2n) is 8.37. The normalized spacial score (nSPS) is 18.8. The summed E-state index contributed by atoms with van der Waals surface area (Å²) >= 11 is 0. The molecule has 2 fully saturated rings. The van der Waals surface area contributed by atoms with Crippen LogP contribution in [-0.4, -0.2) is 71.5 Å². The van der Waals surface area contributed by atoms with Crippen molar-refractivity contribution >= 4 is 17.5 Å². The summed E-state index contributed by atoms with van der Waals surface area (Å²) in [6.45, 7) is 2.81. The first kappa shape index (κ1) is 23.2. The Balaban J connectivity index is 1.29.